The lowest BCUT2D eigenvalue weighted by Crippen LogP contribution is -2.40. The molecule has 2 rings (SSSR count). The van der Waals surface area contributed by atoms with Crippen molar-refractivity contribution in [3.63, 3.8) is 0 Å². The maximum Gasteiger partial charge on any atom is 0.0627 e. The zero-order chi connectivity index (χ0) is 15.5. The van der Waals surface area contributed by atoms with Crippen molar-refractivity contribution in [3.8, 4) is 0 Å². The first kappa shape index (κ1) is 16.5. The molecule has 21 heavy (non-hydrogen) atoms. The fraction of sp³-hybridized carbons (Fsp3) is 0.833. The molecule has 2 atom stereocenters. The first-order valence-electron chi connectivity index (χ1n) is 8.64. The van der Waals surface area contributed by atoms with Crippen LogP contribution in [0.15, 0.2) is 12.3 Å². The lowest BCUT2D eigenvalue weighted by Gasteiger charge is -2.26. The van der Waals surface area contributed by atoms with E-state index in [-0.39, 0.29) is 5.54 Å². The summed E-state index contributed by atoms with van der Waals surface area (Å²) in [7, 11) is 0. The number of rotatable bonds is 6. The summed E-state index contributed by atoms with van der Waals surface area (Å²) < 4.78 is 2.22. The molecule has 2 unspecified atom stereocenters. The van der Waals surface area contributed by atoms with Crippen LogP contribution in [0.3, 0.4) is 0 Å². The van der Waals surface area contributed by atoms with E-state index in [0.29, 0.717) is 17.9 Å². The molecule has 0 bridgehead atoms. The molecular formula is C18H33N3. The van der Waals surface area contributed by atoms with Gasteiger partial charge in [0.15, 0.2) is 0 Å². The molecule has 3 heteroatoms. The van der Waals surface area contributed by atoms with Gasteiger partial charge in [0.05, 0.1) is 11.7 Å². The van der Waals surface area contributed by atoms with Gasteiger partial charge in [-0.3, -0.25) is 4.68 Å². The van der Waals surface area contributed by atoms with E-state index in [9.17, 15) is 0 Å². The topological polar surface area (TPSA) is 29.9 Å². The van der Waals surface area contributed by atoms with Crippen LogP contribution < -0.4 is 5.32 Å². The summed E-state index contributed by atoms with van der Waals surface area (Å²) in [6.07, 6.45) is 8.63. The zero-order valence-electron chi connectivity index (χ0n) is 14.5. The van der Waals surface area contributed by atoms with Crippen LogP contribution in [0.1, 0.15) is 72.0 Å². The van der Waals surface area contributed by atoms with E-state index in [4.69, 9.17) is 5.10 Å². The van der Waals surface area contributed by atoms with Gasteiger partial charge in [-0.25, -0.2) is 0 Å². The van der Waals surface area contributed by atoms with E-state index < -0.39 is 0 Å². The second-order valence-electron chi connectivity index (χ2n) is 8.01. The van der Waals surface area contributed by atoms with Crippen LogP contribution in [0.4, 0.5) is 0 Å². The Labute approximate surface area is 130 Å². The predicted molar refractivity (Wildman–Crippen MR) is 89.5 cm³/mol. The highest BCUT2D eigenvalue weighted by Gasteiger charge is 2.20. The normalized spacial score (nSPS) is 19.9. The Morgan fingerprint density at radius 1 is 1.24 bits per heavy atom. The van der Waals surface area contributed by atoms with Gasteiger partial charge in [0.1, 0.15) is 0 Å². The minimum Gasteiger partial charge on any atom is -0.312 e. The fourth-order valence-corrected chi connectivity index (χ4v) is 3.06. The van der Waals surface area contributed by atoms with Gasteiger partial charge in [0, 0.05) is 11.7 Å². The summed E-state index contributed by atoms with van der Waals surface area (Å²) in [6.45, 7) is 12.5. The molecule has 1 aromatic rings. The third-order valence-electron chi connectivity index (χ3n) is 4.82. The van der Waals surface area contributed by atoms with Crippen LogP contribution in [0, 0.1) is 11.8 Å². The molecule has 0 saturated heterocycles. The van der Waals surface area contributed by atoms with Crippen LogP contribution in [0.5, 0.6) is 0 Å². The summed E-state index contributed by atoms with van der Waals surface area (Å²) in [5, 5.41) is 8.43. The second kappa shape index (κ2) is 6.95. The molecule has 0 radical (unpaired) electrons. The van der Waals surface area contributed by atoms with Gasteiger partial charge in [-0.05, 0) is 64.5 Å². The first-order valence-corrected chi connectivity index (χ1v) is 8.64. The van der Waals surface area contributed by atoms with Crippen LogP contribution >= 0.6 is 0 Å². The predicted octanol–water partition coefficient (Wildman–Crippen LogP) is 4.20. The van der Waals surface area contributed by atoms with Gasteiger partial charge in [-0.2, -0.15) is 5.10 Å². The Balaban J connectivity index is 1.83. The van der Waals surface area contributed by atoms with Crippen molar-refractivity contribution in [2.45, 2.75) is 78.3 Å². The molecule has 0 spiro atoms. The minimum atomic E-state index is 0.206. The summed E-state index contributed by atoms with van der Waals surface area (Å²) in [4.78, 5) is 0. The summed E-state index contributed by atoms with van der Waals surface area (Å²) >= 11 is 0. The highest BCUT2D eigenvalue weighted by molar-refractivity contribution is 5.01. The molecule has 1 N–H and O–H groups in total. The SMILES string of the molecule is CC(CNC(C)(C)C)C(C)Cc1ccn(C2CCCC2)n1. The van der Waals surface area contributed by atoms with E-state index in [1.54, 1.807) is 0 Å². The molecule has 1 aromatic heterocycles. The molecule has 1 aliphatic rings. The molecule has 0 aromatic carbocycles. The van der Waals surface area contributed by atoms with Crippen molar-refractivity contribution in [2.24, 2.45) is 11.8 Å². The van der Waals surface area contributed by atoms with E-state index in [2.05, 4.69) is 56.9 Å². The first-order chi connectivity index (χ1) is 9.85. The van der Waals surface area contributed by atoms with Crippen LogP contribution in [-0.2, 0) is 6.42 Å². The van der Waals surface area contributed by atoms with Gasteiger partial charge in [-0.15, -0.1) is 0 Å². The van der Waals surface area contributed by atoms with E-state index in [1.165, 1.54) is 31.4 Å². The number of nitrogens with one attached hydrogen (secondary N) is 1. The quantitative estimate of drug-likeness (QED) is 0.851. The molecule has 1 fully saturated rings. The summed E-state index contributed by atoms with van der Waals surface area (Å²) in [5.41, 5.74) is 1.47. The van der Waals surface area contributed by atoms with Gasteiger partial charge >= 0.3 is 0 Å². The smallest absolute Gasteiger partial charge is 0.0627 e. The lowest BCUT2D eigenvalue weighted by atomic mass is 9.91. The van der Waals surface area contributed by atoms with Crippen LogP contribution in [-0.4, -0.2) is 21.9 Å². The highest BCUT2D eigenvalue weighted by Crippen LogP contribution is 2.29. The minimum absolute atomic E-state index is 0.206. The number of hydrogen-bond donors (Lipinski definition) is 1. The van der Waals surface area contributed by atoms with Crippen molar-refractivity contribution < 1.29 is 0 Å². The van der Waals surface area contributed by atoms with Crippen LogP contribution in [0.25, 0.3) is 0 Å². The largest absolute Gasteiger partial charge is 0.312 e. The Bertz CT molecular complexity index is 424. The molecule has 1 aliphatic carbocycles. The summed E-state index contributed by atoms with van der Waals surface area (Å²) in [6, 6.07) is 2.88. The molecule has 1 heterocycles. The maximum atomic E-state index is 4.82. The molecule has 3 nitrogen and oxygen atoms in total. The summed E-state index contributed by atoms with van der Waals surface area (Å²) in [5.74, 6) is 1.33. The fourth-order valence-electron chi connectivity index (χ4n) is 3.06. The standard InChI is InChI=1S/C18H33N3/c1-14(15(2)13-19-18(3,4)5)12-16-10-11-21(20-16)17-8-6-7-9-17/h10-11,14-15,17,19H,6-9,12-13H2,1-5H3. The maximum absolute atomic E-state index is 4.82. The highest BCUT2D eigenvalue weighted by atomic mass is 15.3. The number of aromatic nitrogens is 2. The van der Waals surface area contributed by atoms with Gasteiger partial charge in [0.2, 0.25) is 0 Å². The number of nitrogens with zero attached hydrogens (tertiary/aromatic N) is 2. The average molecular weight is 291 g/mol. The molecule has 120 valence electrons. The van der Waals surface area contributed by atoms with Gasteiger partial charge < -0.3 is 5.32 Å². The van der Waals surface area contributed by atoms with Gasteiger partial charge in [0.25, 0.3) is 0 Å². The monoisotopic (exact) mass is 291 g/mol. The van der Waals surface area contributed by atoms with E-state index >= 15 is 0 Å². The van der Waals surface area contributed by atoms with Crippen molar-refractivity contribution in [3.05, 3.63) is 18.0 Å². The van der Waals surface area contributed by atoms with Crippen LogP contribution in [0.2, 0.25) is 0 Å². The van der Waals surface area contributed by atoms with Gasteiger partial charge in [-0.1, -0.05) is 26.7 Å². The van der Waals surface area contributed by atoms with Crippen molar-refractivity contribution >= 4 is 0 Å². The molecular weight excluding hydrogens is 258 g/mol. The Morgan fingerprint density at radius 2 is 1.90 bits per heavy atom. The lowest BCUT2D eigenvalue weighted by molar-refractivity contribution is 0.315. The van der Waals surface area contributed by atoms with E-state index in [1.807, 2.05) is 0 Å². The van der Waals surface area contributed by atoms with E-state index in [0.717, 1.165) is 13.0 Å². The van der Waals surface area contributed by atoms with Crippen molar-refractivity contribution in [1.29, 1.82) is 0 Å². The molecule has 1 saturated carbocycles. The number of hydrogen-bond acceptors (Lipinski definition) is 2. The Kier molecular flexibility index (Phi) is 5.48. The third-order valence-corrected chi connectivity index (χ3v) is 4.82. The second-order valence-corrected chi connectivity index (χ2v) is 8.01. The zero-order valence-corrected chi connectivity index (χ0v) is 14.5. The Hall–Kier alpha value is -0.830. The third kappa shape index (κ3) is 5.14. The van der Waals surface area contributed by atoms with Crippen molar-refractivity contribution in [2.75, 3.05) is 6.54 Å². The molecule has 0 amide bonds. The molecule has 0 aliphatic heterocycles. The Morgan fingerprint density at radius 3 is 2.52 bits per heavy atom. The van der Waals surface area contributed by atoms with Crippen molar-refractivity contribution in [1.82, 2.24) is 15.1 Å². The average Bonchev–Trinajstić information content (AvgIpc) is 3.04.